The van der Waals surface area contributed by atoms with Crippen LogP contribution in [0.15, 0.2) is 31.0 Å². The van der Waals surface area contributed by atoms with Gasteiger partial charge in [-0.3, -0.25) is 9.67 Å². The summed E-state index contributed by atoms with van der Waals surface area (Å²) in [6, 6.07) is -0.0853. The summed E-state index contributed by atoms with van der Waals surface area (Å²) >= 11 is 0. The fourth-order valence-electron chi connectivity index (χ4n) is 2.70. The van der Waals surface area contributed by atoms with Gasteiger partial charge in [-0.2, -0.15) is 5.10 Å². The maximum absolute atomic E-state index is 12.4. The van der Waals surface area contributed by atoms with Crippen molar-refractivity contribution < 1.29 is 4.79 Å². The number of urea groups is 1. The van der Waals surface area contributed by atoms with E-state index in [4.69, 9.17) is 0 Å². The Bertz CT molecular complexity index is 662. The standard InChI is InChI=1S/C16H23N7O/c1-13(2)11-23-12-14(9-19-23)20-16(24)22-7-5-21(6-8-22)15-10-17-3-4-18-15/h3-4,9-10,12-13H,5-8,11H2,1-2H3,(H,20,24). The van der Waals surface area contributed by atoms with Crippen molar-refractivity contribution in [2.24, 2.45) is 5.92 Å². The van der Waals surface area contributed by atoms with Crippen LogP contribution in [0.3, 0.4) is 0 Å². The van der Waals surface area contributed by atoms with E-state index in [0.29, 0.717) is 19.0 Å². The van der Waals surface area contributed by atoms with E-state index in [1.165, 1.54) is 0 Å². The van der Waals surface area contributed by atoms with Crippen molar-refractivity contribution in [3.05, 3.63) is 31.0 Å². The lowest BCUT2D eigenvalue weighted by atomic mass is 10.2. The van der Waals surface area contributed by atoms with Crippen LogP contribution in [0.1, 0.15) is 13.8 Å². The van der Waals surface area contributed by atoms with Crippen molar-refractivity contribution in [1.82, 2.24) is 24.6 Å². The lowest BCUT2D eigenvalue weighted by Crippen LogP contribution is -2.50. The highest BCUT2D eigenvalue weighted by atomic mass is 16.2. The number of nitrogens with zero attached hydrogens (tertiary/aromatic N) is 6. The molecule has 8 heteroatoms. The van der Waals surface area contributed by atoms with Crippen LogP contribution < -0.4 is 10.2 Å². The number of hydrogen-bond acceptors (Lipinski definition) is 5. The van der Waals surface area contributed by atoms with Gasteiger partial charge in [-0.15, -0.1) is 0 Å². The molecule has 0 spiro atoms. The molecule has 0 aromatic carbocycles. The van der Waals surface area contributed by atoms with Crippen molar-refractivity contribution in [1.29, 1.82) is 0 Å². The third kappa shape index (κ3) is 4.01. The van der Waals surface area contributed by atoms with Crippen LogP contribution in [-0.2, 0) is 6.54 Å². The van der Waals surface area contributed by atoms with Crippen molar-refractivity contribution in [3.8, 4) is 0 Å². The van der Waals surface area contributed by atoms with Gasteiger partial charge < -0.3 is 15.1 Å². The van der Waals surface area contributed by atoms with Crippen LogP contribution in [0.2, 0.25) is 0 Å². The first-order valence-electron chi connectivity index (χ1n) is 8.21. The predicted octanol–water partition coefficient (Wildman–Crippen LogP) is 1.68. The molecule has 8 nitrogen and oxygen atoms in total. The van der Waals surface area contributed by atoms with Gasteiger partial charge in [-0.25, -0.2) is 9.78 Å². The Morgan fingerprint density at radius 3 is 2.67 bits per heavy atom. The van der Waals surface area contributed by atoms with E-state index in [1.54, 1.807) is 24.8 Å². The molecule has 1 fully saturated rings. The minimum absolute atomic E-state index is 0.0853. The van der Waals surface area contributed by atoms with E-state index in [0.717, 1.165) is 31.1 Å². The van der Waals surface area contributed by atoms with Crippen molar-refractivity contribution in [2.45, 2.75) is 20.4 Å². The maximum Gasteiger partial charge on any atom is 0.322 e. The summed E-state index contributed by atoms with van der Waals surface area (Å²) < 4.78 is 1.85. The van der Waals surface area contributed by atoms with Gasteiger partial charge in [0.05, 0.1) is 18.1 Å². The van der Waals surface area contributed by atoms with E-state index in [1.807, 2.05) is 15.8 Å². The number of aromatic nitrogens is 4. The van der Waals surface area contributed by atoms with Gasteiger partial charge in [0.25, 0.3) is 0 Å². The smallest absolute Gasteiger partial charge is 0.322 e. The Morgan fingerprint density at radius 2 is 2.00 bits per heavy atom. The van der Waals surface area contributed by atoms with Crippen molar-refractivity contribution >= 4 is 17.5 Å². The van der Waals surface area contributed by atoms with Crippen LogP contribution in [0.25, 0.3) is 0 Å². The summed E-state index contributed by atoms with van der Waals surface area (Å²) in [5, 5.41) is 7.18. The van der Waals surface area contributed by atoms with Gasteiger partial charge in [0, 0.05) is 51.3 Å². The Morgan fingerprint density at radius 1 is 1.21 bits per heavy atom. The highest BCUT2D eigenvalue weighted by Crippen LogP contribution is 2.13. The van der Waals surface area contributed by atoms with Gasteiger partial charge in [0.15, 0.2) is 0 Å². The zero-order chi connectivity index (χ0) is 16.9. The molecule has 128 valence electrons. The summed E-state index contributed by atoms with van der Waals surface area (Å²) in [5.41, 5.74) is 0.733. The number of piperazine rings is 1. The van der Waals surface area contributed by atoms with Gasteiger partial charge in [-0.05, 0) is 5.92 Å². The van der Waals surface area contributed by atoms with Gasteiger partial charge in [0.2, 0.25) is 0 Å². The summed E-state index contributed by atoms with van der Waals surface area (Å²) in [6.07, 6.45) is 8.65. The molecule has 0 aliphatic carbocycles. The summed E-state index contributed by atoms with van der Waals surface area (Å²) in [7, 11) is 0. The number of carbonyl (C=O) groups is 1. The number of carbonyl (C=O) groups excluding carboxylic acids is 1. The molecule has 0 bridgehead atoms. The van der Waals surface area contributed by atoms with Crippen LogP contribution >= 0.6 is 0 Å². The lowest BCUT2D eigenvalue weighted by Gasteiger charge is -2.35. The second kappa shape index (κ2) is 7.29. The van der Waals surface area contributed by atoms with E-state index in [9.17, 15) is 4.79 Å². The molecular weight excluding hydrogens is 306 g/mol. The molecule has 0 radical (unpaired) electrons. The van der Waals surface area contributed by atoms with Crippen molar-refractivity contribution in [3.63, 3.8) is 0 Å². The summed E-state index contributed by atoms with van der Waals surface area (Å²) in [5.74, 6) is 1.37. The van der Waals surface area contributed by atoms with E-state index in [2.05, 4.69) is 39.1 Å². The highest BCUT2D eigenvalue weighted by Gasteiger charge is 2.22. The van der Waals surface area contributed by atoms with E-state index < -0.39 is 0 Å². The third-order valence-corrected chi connectivity index (χ3v) is 3.88. The molecule has 1 N–H and O–H groups in total. The van der Waals surface area contributed by atoms with E-state index >= 15 is 0 Å². The minimum atomic E-state index is -0.0853. The van der Waals surface area contributed by atoms with Crippen LogP contribution in [-0.4, -0.2) is 56.9 Å². The number of hydrogen-bond donors (Lipinski definition) is 1. The van der Waals surface area contributed by atoms with Crippen LogP contribution in [0.5, 0.6) is 0 Å². The molecule has 0 saturated carbocycles. The molecule has 1 saturated heterocycles. The number of anilines is 2. The predicted molar refractivity (Wildman–Crippen MR) is 91.9 cm³/mol. The first kappa shape index (κ1) is 16.2. The van der Waals surface area contributed by atoms with Gasteiger partial charge >= 0.3 is 6.03 Å². The average Bonchev–Trinajstić information content (AvgIpc) is 3.02. The van der Waals surface area contributed by atoms with Crippen LogP contribution in [0.4, 0.5) is 16.3 Å². The average molecular weight is 329 g/mol. The fraction of sp³-hybridized carbons (Fsp3) is 0.500. The molecule has 2 aromatic rings. The second-order valence-electron chi connectivity index (χ2n) is 6.31. The SMILES string of the molecule is CC(C)Cn1cc(NC(=O)N2CCN(c3cnccn3)CC2)cn1. The van der Waals surface area contributed by atoms with Crippen LogP contribution in [0, 0.1) is 5.92 Å². The molecule has 1 aliphatic rings. The fourth-order valence-corrected chi connectivity index (χ4v) is 2.70. The van der Waals surface area contributed by atoms with E-state index in [-0.39, 0.29) is 6.03 Å². The Labute approximate surface area is 141 Å². The Balaban J connectivity index is 1.51. The number of rotatable bonds is 4. The number of amides is 2. The summed E-state index contributed by atoms with van der Waals surface area (Å²) in [4.78, 5) is 24.7. The number of nitrogens with one attached hydrogen (secondary N) is 1. The quantitative estimate of drug-likeness (QED) is 0.923. The van der Waals surface area contributed by atoms with Gasteiger partial charge in [-0.1, -0.05) is 13.8 Å². The molecule has 2 amide bonds. The first-order valence-corrected chi connectivity index (χ1v) is 8.21. The minimum Gasteiger partial charge on any atom is -0.352 e. The van der Waals surface area contributed by atoms with Crippen molar-refractivity contribution in [2.75, 3.05) is 36.4 Å². The second-order valence-corrected chi connectivity index (χ2v) is 6.31. The Kier molecular flexibility index (Phi) is 4.93. The maximum atomic E-state index is 12.4. The molecule has 1 aliphatic heterocycles. The monoisotopic (exact) mass is 329 g/mol. The molecule has 2 aromatic heterocycles. The molecule has 0 atom stereocenters. The highest BCUT2D eigenvalue weighted by molar-refractivity contribution is 5.89. The Hall–Kier alpha value is -2.64. The molecule has 3 heterocycles. The topological polar surface area (TPSA) is 79.2 Å². The molecule has 24 heavy (non-hydrogen) atoms. The molecule has 3 rings (SSSR count). The third-order valence-electron chi connectivity index (χ3n) is 3.88. The molecule has 0 unspecified atom stereocenters. The molecular formula is C16H23N7O. The largest absolute Gasteiger partial charge is 0.352 e. The first-order chi connectivity index (χ1) is 11.6. The summed E-state index contributed by atoms with van der Waals surface area (Å²) in [6.45, 7) is 7.92. The van der Waals surface area contributed by atoms with Gasteiger partial charge in [0.1, 0.15) is 5.82 Å². The lowest BCUT2D eigenvalue weighted by molar-refractivity contribution is 0.208. The zero-order valence-corrected chi connectivity index (χ0v) is 14.1. The normalized spacial score (nSPS) is 15.0. The zero-order valence-electron chi connectivity index (χ0n) is 14.1.